The van der Waals surface area contributed by atoms with Crippen LogP contribution in [0.15, 0.2) is 40.4 Å². The number of halogens is 1. The molecule has 2 heteroatoms. The minimum absolute atomic E-state index is 0.407. The molecular weight excluding hydrogens is 240 g/mol. The molecule has 0 spiro atoms. The van der Waals surface area contributed by atoms with Gasteiger partial charge in [0, 0.05) is 4.47 Å². The van der Waals surface area contributed by atoms with Crippen LogP contribution >= 0.6 is 15.9 Å². The summed E-state index contributed by atoms with van der Waals surface area (Å²) in [6.45, 7) is 0. The molecule has 0 saturated carbocycles. The first kappa shape index (κ1) is 9.94. The van der Waals surface area contributed by atoms with E-state index >= 15 is 0 Å². The molecular formula is C12H13BrO. The zero-order valence-corrected chi connectivity index (χ0v) is 9.50. The Bertz CT molecular complexity index is 357. The van der Waals surface area contributed by atoms with E-state index in [1.54, 1.807) is 0 Å². The molecule has 0 heterocycles. The third-order valence-corrected chi connectivity index (χ3v) is 3.08. The van der Waals surface area contributed by atoms with E-state index in [4.69, 9.17) is 0 Å². The average Bonchev–Trinajstić information content (AvgIpc) is 2.69. The molecule has 74 valence electrons. The maximum atomic E-state index is 10.1. The zero-order valence-electron chi connectivity index (χ0n) is 7.91. The Hall–Kier alpha value is -0.600. The average molecular weight is 253 g/mol. The minimum atomic E-state index is -0.407. The van der Waals surface area contributed by atoms with Gasteiger partial charge in [-0.25, -0.2) is 0 Å². The fourth-order valence-corrected chi connectivity index (χ4v) is 2.25. The van der Waals surface area contributed by atoms with Crippen LogP contribution in [-0.4, -0.2) is 5.11 Å². The number of aliphatic hydroxyl groups excluding tert-OH is 1. The zero-order chi connectivity index (χ0) is 9.97. The quantitative estimate of drug-likeness (QED) is 0.798. The Kier molecular flexibility index (Phi) is 3.04. The van der Waals surface area contributed by atoms with Gasteiger partial charge >= 0.3 is 0 Å². The van der Waals surface area contributed by atoms with E-state index in [1.165, 1.54) is 12.0 Å². The van der Waals surface area contributed by atoms with Crippen LogP contribution in [0.25, 0.3) is 0 Å². The van der Waals surface area contributed by atoms with E-state index in [0.717, 1.165) is 22.9 Å². The second-order valence-corrected chi connectivity index (χ2v) is 4.54. The van der Waals surface area contributed by atoms with Crippen LogP contribution in [0, 0.1) is 0 Å². The van der Waals surface area contributed by atoms with Gasteiger partial charge in [-0.2, -0.15) is 0 Å². The summed E-state index contributed by atoms with van der Waals surface area (Å²) in [7, 11) is 0. The first-order valence-corrected chi connectivity index (χ1v) is 5.69. The van der Waals surface area contributed by atoms with E-state index in [9.17, 15) is 5.11 Å². The van der Waals surface area contributed by atoms with Crippen molar-refractivity contribution in [2.24, 2.45) is 0 Å². The lowest BCUT2D eigenvalue weighted by Crippen LogP contribution is -1.99. The Labute approximate surface area is 92.6 Å². The minimum Gasteiger partial charge on any atom is -0.384 e. The van der Waals surface area contributed by atoms with Crippen molar-refractivity contribution >= 4 is 15.9 Å². The molecule has 1 aromatic carbocycles. The Morgan fingerprint density at radius 1 is 1.36 bits per heavy atom. The molecule has 0 radical (unpaired) electrons. The molecule has 1 atom stereocenters. The molecule has 0 aliphatic heterocycles. The van der Waals surface area contributed by atoms with Crippen molar-refractivity contribution < 1.29 is 5.11 Å². The third-order valence-electron chi connectivity index (χ3n) is 2.59. The van der Waals surface area contributed by atoms with Crippen LogP contribution in [-0.2, 0) is 0 Å². The summed E-state index contributed by atoms with van der Waals surface area (Å²) in [6, 6.07) is 7.87. The van der Waals surface area contributed by atoms with Crippen molar-refractivity contribution in [2.45, 2.75) is 25.4 Å². The molecule has 1 aliphatic carbocycles. The van der Waals surface area contributed by atoms with Crippen LogP contribution in [0.4, 0.5) is 0 Å². The molecule has 1 N–H and O–H groups in total. The Balaban J connectivity index is 2.22. The maximum absolute atomic E-state index is 10.1. The highest BCUT2D eigenvalue weighted by Crippen LogP contribution is 2.31. The largest absolute Gasteiger partial charge is 0.384 e. The standard InChI is InChI=1S/C12H13BrO/c13-11-7-3-6-10(8-11)12(14)9-4-1-2-5-9/h3-4,6-8,12,14H,1-2,5H2. The molecule has 1 unspecified atom stereocenters. The fourth-order valence-electron chi connectivity index (χ4n) is 1.83. The van der Waals surface area contributed by atoms with Gasteiger partial charge in [-0.3, -0.25) is 0 Å². The van der Waals surface area contributed by atoms with Crippen LogP contribution in [0.2, 0.25) is 0 Å². The van der Waals surface area contributed by atoms with Crippen LogP contribution in [0.3, 0.4) is 0 Å². The summed E-state index contributed by atoms with van der Waals surface area (Å²) in [4.78, 5) is 0. The van der Waals surface area contributed by atoms with Gasteiger partial charge in [-0.05, 0) is 42.5 Å². The van der Waals surface area contributed by atoms with Gasteiger partial charge in [0.25, 0.3) is 0 Å². The number of hydrogen-bond acceptors (Lipinski definition) is 1. The molecule has 0 fully saturated rings. The molecule has 0 aromatic heterocycles. The number of aliphatic hydroxyl groups is 1. The van der Waals surface area contributed by atoms with E-state index in [1.807, 2.05) is 24.3 Å². The molecule has 14 heavy (non-hydrogen) atoms. The molecule has 1 aromatic rings. The predicted octanol–water partition coefficient (Wildman–Crippen LogP) is 3.59. The highest BCUT2D eigenvalue weighted by molar-refractivity contribution is 9.10. The SMILES string of the molecule is OC(C1=CCCC1)c1cccc(Br)c1. The summed E-state index contributed by atoms with van der Waals surface area (Å²) < 4.78 is 1.02. The first-order valence-electron chi connectivity index (χ1n) is 4.90. The fraction of sp³-hybridized carbons (Fsp3) is 0.333. The number of hydrogen-bond donors (Lipinski definition) is 1. The third kappa shape index (κ3) is 2.07. The van der Waals surface area contributed by atoms with E-state index in [0.29, 0.717) is 0 Å². The smallest absolute Gasteiger partial charge is 0.100 e. The molecule has 0 bridgehead atoms. The summed E-state index contributed by atoms with van der Waals surface area (Å²) in [5, 5.41) is 10.1. The second-order valence-electron chi connectivity index (χ2n) is 3.63. The second kappa shape index (κ2) is 4.28. The van der Waals surface area contributed by atoms with Crippen LogP contribution < -0.4 is 0 Å². The Morgan fingerprint density at radius 2 is 2.21 bits per heavy atom. The van der Waals surface area contributed by atoms with Gasteiger partial charge in [-0.1, -0.05) is 34.1 Å². The lowest BCUT2D eigenvalue weighted by molar-refractivity contribution is 0.212. The van der Waals surface area contributed by atoms with Crippen molar-refractivity contribution in [1.82, 2.24) is 0 Å². The van der Waals surface area contributed by atoms with Gasteiger partial charge < -0.3 is 5.11 Å². The summed E-state index contributed by atoms with van der Waals surface area (Å²) in [6.07, 6.45) is 5.08. The maximum Gasteiger partial charge on any atom is 0.100 e. The van der Waals surface area contributed by atoms with Gasteiger partial charge in [0.05, 0.1) is 0 Å². The highest BCUT2D eigenvalue weighted by Gasteiger charge is 2.15. The predicted molar refractivity (Wildman–Crippen MR) is 61.0 cm³/mol. The van der Waals surface area contributed by atoms with Crippen molar-refractivity contribution in [1.29, 1.82) is 0 Å². The van der Waals surface area contributed by atoms with Gasteiger partial charge in [-0.15, -0.1) is 0 Å². The van der Waals surface area contributed by atoms with E-state index < -0.39 is 6.10 Å². The molecule has 2 rings (SSSR count). The lowest BCUT2D eigenvalue weighted by Gasteiger charge is -2.12. The van der Waals surface area contributed by atoms with Crippen molar-refractivity contribution in [2.75, 3.05) is 0 Å². The summed E-state index contributed by atoms with van der Waals surface area (Å²) in [5.41, 5.74) is 2.15. The molecule has 1 nitrogen and oxygen atoms in total. The van der Waals surface area contributed by atoms with Gasteiger partial charge in [0.2, 0.25) is 0 Å². The monoisotopic (exact) mass is 252 g/mol. The van der Waals surface area contributed by atoms with Crippen molar-refractivity contribution in [3.05, 3.63) is 46.0 Å². The Morgan fingerprint density at radius 3 is 2.86 bits per heavy atom. The molecule has 0 saturated heterocycles. The number of benzene rings is 1. The van der Waals surface area contributed by atoms with Gasteiger partial charge in [0.1, 0.15) is 6.10 Å². The van der Waals surface area contributed by atoms with E-state index in [-0.39, 0.29) is 0 Å². The van der Waals surface area contributed by atoms with Crippen molar-refractivity contribution in [3.8, 4) is 0 Å². The van der Waals surface area contributed by atoms with Crippen LogP contribution in [0.1, 0.15) is 30.9 Å². The van der Waals surface area contributed by atoms with Gasteiger partial charge in [0.15, 0.2) is 0 Å². The molecule has 1 aliphatic rings. The van der Waals surface area contributed by atoms with Crippen LogP contribution in [0.5, 0.6) is 0 Å². The number of rotatable bonds is 2. The lowest BCUT2D eigenvalue weighted by atomic mass is 10.0. The normalized spacial score (nSPS) is 18.0. The highest BCUT2D eigenvalue weighted by atomic mass is 79.9. The summed E-state index contributed by atoms with van der Waals surface area (Å²) in [5.74, 6) is 0. The number of allylic oxidation sites excluding steroid dienone is 1. The first-order chi connectivity index (χ1) is 6.77. The summed E-state index contributed by atoms with van der Waals surface area (Å²) >= 11 is 3.41. The molecule has 0 amide bonds. The van der Waals surface area contributed by atoms with Crippen molar-refractivity contribution in [3.63, 3.8) is 0 Å². The topological polar surface area (TPSA) is 20.2 Å². The van der Waals surface area contributed by atoms with E-state index in [2.05, 4.69) is 22.0 Å².